The van der Waals surface area contributed by atoms with Gasteiger partial charge >= 0.3 is 0 Å². The molecule has 0 spiro atoms. The minimum absolute atomic E-state index is 0.137. The van der Waals surface area contributed by atoms with Crippen LogP contribution in [-0.4, -0.2) is 20.4 Å². The minimum atomic E-state index is -1.31. The van der Waals surface area contributed by atoms with E-state index in [1.807, 2.05) is 18.2 Å². The fourth-order valence-corrected chi connectivity index (χ4v) is 3.23. The van der Waals surface area contributed by atoms with Crippen molar-refractivity contribution in [2.24, 2.45) is 4.99 Å². The third-order valence-electron chi connectivity index (χ3n) is 3.92. The monoisotopic (exact) mass is 371 g/mol. The van der Waals surface area contributed by atoms with Gasteiger partial charge in [0.15, 0.2) is 5.82 Å². The topological polar surface area (TPSA) is 67.5 Å². The molecule has 0 aliphatic carbocycles. The Morgan fingerprint density at radius 1 is 1.04 bits per heavy atom. The summed E-state index contributed by atoms with van der Waals surface area (Å²) in [6.07, 6.45) is 0.248. The maximum absolute atomic E-state index is 11.6. The number of aromatic nitrogens is 2. The Morgan fingerprint density at radius 2 is 1.84 bits per heavy atom. The summed E-state index contributed by atoms with van der Waals surface area (Å²) in [4.78, 5) is 19.9. The molecule has 2 heterocycles. The van der Waals surface area contributed by atoms with E-state index < -0.39 is 11.8 Å². The molecule has 1 atom stereocenters. The van der Waals surface area contributed by atoms with Crippen LogP contribution in [-0.2, 0) is 0 Å². The van der Waals surface area contributed by atoms with E-state index in [0.29, 0.717) is 32.6 Å². The van der Waals surface area contributed by atoms with Crippen LogP contribution >= 0.6 is 23.2 Å². The van der Waals surface area contributed by atoms with Gasteiger partial charge in [0.05, 0.1) is 11.4 Å². The lowest BCUT2D eigenvalue weighted by molar-refractivity contribution is 0.176. The standard InChI is InChI=1S/C18H11Cl2N3O2/c19-10-5-6-14-12(9-10)16(11-3-1-2-4-13(11)20)22-18(25)17-21-15(24)7-8-23(14)17/h1-9,18,25H. The lowest BCUT2D eigenvalue weighted by atomic mass is 10.0. The van der Waals surface area contributed by atoms with Crippen LogP contribution in [0.2, 0.25) is 10.0 Å². The number of hydrogen-bond acceptors (Lipinski definition) is 4. The highest BCUT2D eigenvalue weighted by Crippen LogP contribution is 2.31. The summed E-state index contributed by atoms with van der Waals surface area (Å²) in [7, 11) is 0. The largest absolute Gasteiger partial charge is 0.365 e. The predicted octanol–water partition coefficient (Wildman–Crippen LogP) is 3.38. The van der Waals surface area contributed by atoms with Crippen LogP contribution in [0.15, 0.2) is 64.5 Å². The summed E-state index contributed by atoms with van der Waals surface area (Å²) in [6, 6.07) is 13.8. The van der Waals surface area contributed by atoms with Crippen molar-refractivity contribution in [1.29, 1.82) is 0 Å². The fourth-order valence-electron chi connectivity index (χ4n) is 2.83. The molecule has 3 aromatic rings. The van der Waals surface area contributed by atoms with Crippen molar-refractivity contribution >= 4 is 28.9 Å². The lowest BCUT2D eigenvalue weighted by Gasteiger charge is -2.14. The van der Waals surface area contributed by atoms with Gasteiger partial charge in [0, 0.05) is 33.4 Å². The molecule has 0 fully saturated rings. The average molecular weight is 372 g/mol. The number of aliphatic hydroxyl groups is 1. The van der Waals surface area contributed by atoms with Crippen LogP contribution in [0.5, 0.6) is 0 Å². The summed E-state index contributed by atoms with van der Waals surface area (Å²) in [5.41, 5.74) is 2.07. The molecule has 5 nitrogen and oxygen atoms in total. The first kappa shape index (κ1) is 16.0. The third-order valence-corrected chi connectivity index (χ3v) is 4.49. The van der Waals surface area contributed by atoms with Gasteiger partial charge in [-0.05, 0) is 24.3 Å². The fraction of sp³-hybridized carbons (Fsp3) is 0.0556. The van der Waals surface area contributed by atoms with Crippen molar-refractivity contribution in [2.75, 3.05) is 0 Å². The minimum Gasteiger partial charge on any atom is -0.365 e. The molecule has 2 aromatic carbocycles. The van der Waals surface area contributed by atoms with Gasteiger partial charge < -0.3 is 9.67 Å². The summed E-state index contributed by atoms with van der Waals surface area (Å²) in [5.74, 6) is 0.137. The van der Waals surface area contributed by atoms with E-state index in [9.17, 15) is 9.90 Å². The van der Waals surface area contributed by atoms with Crippen molar-refractivity contribution < 1.29 is 5.11 Å². The van der Waals surface area contributed by atoms with E-state index >= 15 is 0 Å². The average Bonchev–Trinajstić information content (AvgIpc) is 2.71. The number of rotatable bonds is 1. The molecule has 0 radical (unpaired) electrons. The molecule has 0 amide bonds. The zero-order chi connectivity index (χ0) is 17.6. The summed E-state index contributed by atoms with van der Waals surface area (Å²) in [5, 5.41) is 11.6. The molecule has 4 rings (SSSR count). The molecular formula is C18H11Cl2N3O2. The first-order valence-electron chi connectivity index (χ1n) is 7.45. The quantitative estimate of drug-likeness (QED) is 0.712. The second kappa shape index (κ2) is 6.11. The first-order valence-corrected chi connectivity index (χ1v) is 8.21. The number of halogens is 2. The van der Waals surface area contributed by atoms with Crippen LogP contribution in [0.4, 0.5) is 0 Å². The van der Waals surface area contributed by atoms with Gasteiger partial charge in [0.2, 0.25) is 6.23 Å². The molecule has 1 unspecified atom stereocenters. The van der Waals surface area contributed by atoms with E-state index in [-0.39, 0.29) is 5.82 Å². The van der Waals surface area contributed by atoms with Crippen molar-refractivity contribution in [1.82, 2.24) is 9.55 Å². The molecule has 25 heavy (non-hydrogen) atoms. The number of aliphatic imine (C=N–C) groups is 1. The van der Waals surface area contributed by atoms with E-state index in [0.717, 1.165) is 0 Å². The highest BCUT2D eigenvalue weighted by Gasteiger charge is 2.25. The zero-order valence-electron chi connectivity index (χ0n) is 12.7. The first-order chi connectivity index (χ1) is 12.0. The smallest absolute Gasteiger partial charge is 0.273 e. The molecule has 1 N–H and O–H groups in total. The van der Waals surface area contributed by atoms with E-state index in [2.05, 4.69) is 9.98 Å². The Hall–Kier alpha value is -2.47. The maximum atomic E-state index is 11.6. The molecule has 0 bridgehead atoms. The zero-order valence-corrected chi connectivity index (χ0v) is 14.2. The predicted molar refractivity (Wildman–Crippen MR) is 96.9 cm³/mol. The molecule has 1 aromatic heterocycles. The molecule has 1 aliphatic heterocycles. The molecule has 0 saturated carbocycles. The highest BCUT2D eigenvalue weighted by atomic mass is 35.5. The van der Waals surface area contributed by atoms with Gasteiger partial charge in [0.1, 0.15) is 0 Å². The van der Waals surface area contributed by atoms with Crippen molar-refractivity contribution in [3.05, 3.63) is 92.1 Å². The van der Waals surface area contributed by atoms with Gasteiger partial charge in [0.25, 0.3) is 5.56 Å². The molecule has 7 heteroatoms. The number of benzene rings is 2. The number of nitrogens with zero attached hydrogens (tertiary/aromatic N) is 3. The molecular weight excluding hydrogens is 361 g/mol. The van der Waals surface area contributed by atoms with Gasteiger partial charge in [-0.3, -0.25) is 4.79 Å². The van der Waals surface area contributed by atoms with Crippen molar-refractivity contribution in [2.45, 2.75) is 6.23 Å². The van der Waals surface area contributed by atoms with Crippen molar-refractivity contribution in [3.63, 3.8) is 0 Å². The Kier molecular flexibility index (Phi) is 3.92. The van der Waals surface area contributed by atoms with Crippen molar-refractivity contribution in [3.8, 4) is 5.69 Å². The normalized spacial score (nSPS) is 15.8. The van der Waals surface area contributed by atoms with Gasteiger partial charge in [-0.25, -0.2) is 4.99 Å². The van der Waals surface area contributed by atoms with Gasteiger partial charge in [-0.15, -0.1) is 0 Å². The molecule has 124 valence electrons. The molecule has 1 aliphatic rings. The summed E-state index contributed by atoms with van der Waals surface area (Å²) < 4.78 is 1.63. The van der Waals surface area contributed by atoms with Crippen LogP contribution in [0.3, 0.4) is 0 Å². The lowest BCUT2D eigenvalue weighted by Crippen LogP contribution is -2.17. The van der Waals surface area contributed by atoms with E-state index in [4.69, 9.17) is 23.2 Å². The van der Waals surface area contributed by atoms with Crippen LogP contribution in [0.1, 0.15) is 23.2 Å². The van der Waals surface area contributed by atoms with E-state index in [1.54, 1.807) is 35.0 Å². The van der Waals surface area contributed by atoms with Gasteiger partial charge in [-0.2, -0.15) is 4.98 Å². The SMILES string of the molecule is O=c1ccn2c(n1)C(O)N=C(c1ccccc1Cl)c1cc(Cl)ccc1-2. The molecule has 0 saturated heterocycles. The van der Waals surface area contributed by atoms with Crippen LogP contribution in [0.25, 0.3) is 5.69 Å². The van der Waals surface area contributed by atoms with Crippen LogP contribution in [0, 0.1) is 0 Å². The summed E-state index contributed by atoms with van der Waals surface area (Å²) in [6.45, 7) is 0. The van der Waals surface area contributed by atoms with Gasteiger partial charge in [-0.1, -0.05) is 41.4 Å². The number of hydrogen-bond donors (Lipinski definition) is 1. The van der Waals surface area contributed by atoms with E-state index in [1.165, 1.54) is 6.07 Å². The second-order valence-electron chi connectivity index (χ2n) is 5.49. The highest BCUT2D eigenvalue weighted by molar-refractivity contribution is 6.36. The Balaban J connectivity index is 2.08. The summed E-state index contributed by atoms with van der Waals surface area (Å²) >= 11 is 12.5. The Bertz CT molecular complexity index is 1080. The number of fused-ring (bicyclic) bond motifs is 3. The second-order valence-corrected chi connectivity index (χ2v) is 6.33. The number of aliphatic hydroxyl groups excluding tert-OH is 1. The Labute approximate surface area is 152 Å². The van der Waals surface area contributed by atoms with Crippen LogP contribution < -0.4 is 5.56 Å². The Morgan fingerprint density at radius 3 is 2.64 bits per heavy atom. The third kappa shape index (κ3) is 2.76. The maximum Gasteiger partial charge on any atom is 0.273 e.